The second-order valence-corrected chi connectivity index (χ2v) is 6.87. The van der Waals surface area contributed by atoms with Crippen LogP contribution >= 0.6 is 27.3 Å². The molecule has 1 aromatic heterocycles. The highest BCUT2D eigenvalue weighted by Crippen LogP contribution is 2.26. The summed E-state index contributed by atoms with van der Waals surface area (Å²) in [7, 11) is 0. The van der Waals surface area contributed by atoms with Gasteiger partial charge in [0.1, 0.15) is 5.01 Å². The second kappa shape index (κ2) is 5.59. The van der Waals surface area contributed by atoms with Crippen LogP contribution in [-0.2, 0) is 11.2 Å². The largest absolute Gasteiger partial charge is 0.342 e. The van der Waals surface area contributed by atoms with E-state index in [0.29, 0.717) is 6.42 Å². The number of benzene rings is 1. The number of thiazole rings is 1. The van der Waals surface area contributed by atoms with Gasteiger partial charge in [-0.05, 0) is 37.5 Å². The van der Waals surface area contributed by atoms with E-state index in [2.05, 4.69) is 27.0 Å². The predicted molar refractivity (Wildman–Crippen MR) is 81.5 cm³/mol. The summed E-state index contributed by atoms with van der Waals surface area (Å²) in [6, 6.07) is 6.03. The average Bonchev–Trinajstić information content (AvgIpc) is 2.81. The highest BCUT2D eigenvalue weighted by Gasteiger charge is 2.18. The van der Waals surface area contributed by atoms with E-state index in [0.717, 1.165) is 45.6 Å². The topological polar surface area (TPSA) is 33.2 Å². The Balaban J connectivity index is 1.75. The van der Waals surface area contributed by atoms with Crippen molar-refractivity contribution in [3.8, 4) is 0 Å². The highest BCUT2D eigenvalue weighted by molar-refractivity contribution is 9.10. The molecule has 0 saturated carbocycles. The zero-order valence-electron chi connectivity index (χ0n) is 10.6. The third kappa shape index (κ3) is 2.98. The van der Waals surface area contributed by atoms with Crippen molar-refractivity contribution in [1.29, 1.82) is 0 Å². The van der Waals surface area contributed by atoms with Gasteiger partial charge in [0.2, 0.25) is 5.91 Å². The van der Waals surface area contributed by atoms with Gasteiger partial charge >= 0.3 is 0 Å². The summed E-state index contributed by atoms with van der Waals surface area (Å²) in [5.74, 6) is 0.220. The fourth-order valence-electron chi connectivity index (χ4n) is 2.41. The number of piperidine rings is 1. The van der Waals surface area contributed by atoms with E-state index < -0.39 is 0 Å². The van der Waals surface area contributed by atoms with Crippen molar-refractivity contribution in [2.24, 2.45) is 0 Å². The molecule has 5 heteroatoms. The second-order valence-electron chi connectivity index (χ2n) is 4.84. The van der Waals surface area contributed by atoms with Gasteiger partial charge in [-0.1, -0.05) is 15.9 Å². The van der Waals surface area contributed by atoms with E-state index in [1.165, 1.54) is 6.42 Å². The molecule has 0 bridgehead atoms. The standard InChI is InChI=1S/C14H15BrN2OS/c15-10-4-5-11-12(8-10)19-13(16-11)9-14(18)17-6-2-1-3-7-17/h4-5,8H,1-3,6-7,9H2. The number of carbonyl (C=O) groups is 1. The molecule has 0 N–H and O–H groups in total. The number of halogens is 1. The Hall–Kier alpha value is -0.940. The monoisotopic (exact) mass is 338 g/mol. The zero-order chi connectivity index (χ0) is 13.2. The molecule has 1 amide bonds. The first-order valence-corrected chi connectivity index (χ1v) is 8.16. The molecule has 0 radical (unpaired) electrons. The molecule has 0 atom stereocenters. The van der Waals surface area contributed by atoms with Crippen LogP contribution in [0.25, 0.3) is 10.2 Å². The maximum atomic E-state index is 12.2. The van der Waals surface area contributed by atoms with E-state index >= 15 is 0 Å². The van der Waals surface area contributed by atoms with E-state index in [4.69, 9.17) is 0 Å². The van der Waals surface area contributed by atoms with Crippen LogP contribution in [-0.4, -0.2) is 28.9 Å². The Morgan fingerprint density at radius 2 is 2.11 bits per heavy atom. The summed E-state index contributed by atoms with van der Waals surface area (Å²) >= 11 is 5.07. The molecule has 1 saturated heterocycles. The van der Waals surface area contributed by atoms with E-state index in [1.54, 1.807) is 11.3 Å². The molecule has 1 aromatic carbocycles. The van der Waals surface area contributed by atoms with Crippen LogP contribution < -0.4 is 0 Å². The minimum atomic E-state index is 0.220. The smallest absolute Gasteiger partial charge is 0.229 e. The first kappa shape index (κ1) is 13.1. The average molecular weight is 339 g/mol. The molecule has 100 valence electrons. The van der Waals surface area contributed by atoms with E-state index in [9.17, 15) is 4.79 Å². The third-order valence-corrected chi connectivity index (χ3v) is 4.92. The van der Waals surface area contributed by atoms with Gasteiger partial charge in [-0.25, -0.2) is 4.98 Å². The number of hydrogen-bond donors (Lipinski definition) is 0. The minimum Gasteiger partial charge on any atom is -0.342 e. The Labute approximate surface area is 124 Å². The molecule has 2 aromatic rings. The van der Waals surface area contributed by atoms with Crippen LogP contribution in [0.2, 0.25) is 0 Å². The van der Waals surface area contributed by atoms with Crippen LogP contribution in [0, 0.1) is 0 Å². The predicted octanol–water partition coefficient (Wildman–Crippen LogP) is 3.61. The lowest BCUT2D eigenvalue weighted by molar-refractivity contribution is -0.131. The molecular weight excluding hydrogens is 324 g/mol. The number of amides is 1. The summed E-state index contributed by atoms with van der Waals surface area (Å²) in [5.41, 5.74) is 0.981. The van der Waals surface area contributed by atoms with Crippen LogP contribution in [0.4, 0.5) is 0 Å². The Kier molecular flexibility index (Phi) is 3.84. The van der Waals surface area contributed by atoms with Gasteiger partial charge in [-0.2, -0.15) is 0 Å². The summed E-state index contributed by atoms with van der Waals surface area (Å²) in [6.07, 6.45) is 3.97. The first-order chi connectivity index (χ1) is 9.22. The van der Waals surface area contributed by atoms with Crippen molar-refractivity contribution in [2.75, 3.05) is 13.1 Å². The maximum absolute atomic E-state index is 12.2. The summed E-state index contributed by atoms with van der Waals surface area (Å²) in [4.78, 5) is 18.7. The quantitative estimate of drug-likeness (QED) is 0.837. The molecular formula is C14H15BrN2OS. The SMILES string of the molecule is O=C(Cc1nc2ccc(Br)cc2s1)N1CCCCC1. The van der Waals surface area contributed by atoms with Gasteiger partial charge in [0.15, 0.2) is 0 Å². The molecule has 3 nitrogen and oxygen atoms in total. The molecule has 1 aliphatic heterocycles. The van der Waals surface area contributed by atoms with Crippen molar-refractivity contribution >= 4 is 43.4 Å². The van der Waals surface area contributed by atoms with Crippen LogP contribution in [0.15, 0.2) is 22.7 Å². The fraction of sp³-hybridized carbons (Fsp3) is 0.429. The van der Waals surface area contributed by atoms with Crippen molar-refractivity contribution in [2.45, 2.75) is 25.7 Å². The van der Waals surface area contributed by atoms with Gasteiger partial charge in [0.25, 0.3) is 0 Å². The number of rotatable bonds is 2. The van der Waals surface area contributed by atoms with Crippen molar-refractivity contribution in [3.05, 3.63) is 27.7 Å². The number of fused-ring (bicyclic) bond motifs is 1. The number of carbonyl (C=O) groups excluding carboxylic acids is 1. The summed E-state index contributed by atoms with van der Waals surface area (Å²) in [6.45, 7) is 1.82. The molecule has 0 unspecified atom stereocenters. The third-order valence-electron chi connectivity index (χ3n) is 3.41. The fourth-order valence-corrected chi connectivity index (χ4v) is 3.92. The number of aromatic nitrogens is 1. The van der Waals surface area contributed by atoms with Crippen LogP contribution in [0.5, 0.6) is 0 Å². The molecule has 1 aliphatic rings. The molecule has 2 heterocycles. The molecule has 0 aliphatic carbocycles. The number of nitrogens with zero attached hydrogens (tertiary/aromatic N) is 2. The first-order valence-electron chi connectivity index (χ1n) is 6.55. The summed E-state index contributed by atoms with van der Waals surface area (Å²) in [5, 5.41) is 0.920. The maximum Gasteiger partial charge on any atom is 0.229 e. The lowest BCUT2D eigenvalue weighted by Gasteiger charge is -2.26. The Morgan fingerprint density at radius 1 is 1.32 bits per heavy atom. The van der Waals surface area contributed by atoms with E-state index in [-0.39, 0.29) is 5.91 Å². The molecule has 0 spiro atoms. The van der Waals surface area contributed by atoms with Gasteiger partial charge in [0.05, 0.1) is 16.6 Å². The van der Waals surface area contributed by atoms with Crippen molar-refractivity contribution in [1.82, 2.24) is 9.88 Å². The molecule has 19 heavy (non-hydrogen) atoms. The van der Waals surface area contributed by atoms with Gasteiger partial charge in [-0.15, -0.1) is 11.3 Å². The molecule has 3 rings (SSSR count). The van der Waals surface area contributed by atoms with Crippen LogP contribution in [0.1, 0.15) is 24.3 Å². The Bertz CT molecular complexity index is 605. The minimum absolute atomic E-state index is 0.220. The number of likely N-dealkylation sites (tertiary alicyclic amines) is 1. The normalized spacial score (nSPS) is 15.9. The Morgan fingerprint density at radius 3 is 2.89 bits per heavy atom. The van der Waals surface area contributed by atoms with Gasteiger partial charge in [0, 0.05) is 17.6 Å². The van der Waals surface area contributed by atoms with Crippen molar-refractivity contribution < 1.29 is 4.79 Å². The summed E-state index contributed by atoms with van der Waals surface area (Å²) < 4.78 is 2.19. The van der Waals surface area contributed by atoms with Crippen molar-refractivity contribution in [3.63, 3.8) is 0 Å². The lowest BCUT2D eigenvalue weighted by Crippen LogP contribution is -2.36. The number of hydrogen-bond acceptors (Lipinski definition) is 3. The van der Waals surface area contributed by atoms with E-state index in [1.807, 2.05) is 17.0 Å². The lowest BCUT2D eigenvalue weighted by atomic mass is 10.1. The molecule has 1 fully saturated rings. The van der Waals surface area contributed by atoms with Crippen LogP contribution in [0.3, 0.4) is 0 Å². The zero-order valence-corrected chi connectivity index (χ0v) is 13.0. The van der Waals surface area contributed by atoms with Gasteiger partial charge in [-0.3, -0.25) is 4.79 Å². The highest BCUT2D eigenvalue weighted by atomic mass is 79.9. The van der Waals surface area contributed by atoms with Gasteiger partial charge < -0.3 is 4.90 Å².